The van der Waals surface area contributed by atoms with Crippen LogP contribution in [-0.2, 0) is 6.54 Å². The molecule has 0 fully saturated rings. The molecule has 2 aromatic rings. The summed E-state index contributed by atoms with van der Waals surface area (Å²) in [5.41, 5.74) is 8.77. The lowest BCUT2D eigenvalue weighted by atomic mass is 10.2. The Kier molecular flexibility index (Phi) is 2.86. The summed E-state index contributed by atoms with van der Waals surface area (Å²) in [5.74, 6) is 1.84. The van der Waals surface area contributed by atoms with Gasteiger partial charge in [0.2, 0.25) is 0 Å². The first-order chi connectivity index (χ1) is 7.65. The van der Waals surface area contributed by atoms with E-state index in [0.29, 0.717) is 6.54 Å². The first kappa shape index (κ1) is 10.6. The van der Waals surface area contributed by atoms with Gasteiger partial charge in [0.15, 0.2) is 0 Å². The van der Waals surface area contributed by atoms with Gasteiger partial charge in [-0.25, -0.2) is 0 Å². The Morgan fingerprint density at radius 1 is 1.19 bits per heavy atom. The summed E-state index contributed by atoms with van der Waals surface area (Å²) in [6, 6.07) is 9.89. The third-order valence-electron chi connectivity index (χ3n) is 2.46. The molecular formula is C13H16N2O. The maximum absolute atomic E-state index is 5.90. The van der Waals surface area contributed by atoms with Crippen LogP contribution >= 0.6 is 0 Å². The molecule has 0 bridgehead atoms. The number of benzene rings is 1. The number of nitrogens with two attached hydrogens (primary N) is 1. The van der Waals surface area contributed by atoms with Gasteiger partial charge in [-0.2, -0.15) is 0 Å². The molecular weight excluding hydrogens is 200 g/mol. The van der Waals surface area contributed by atoms with Crippen molar-refractivity contribution < 1.29 is 4.42 Å². The van der Waals surface area contributed by atoms with Crippen molar-refractivity contribution in [1.82, 2.24) is 0 Å². The summed E-state index contributed by atoms with van der Waals surface area (Å²) in [6.45, 7) is 4.61. The smallest absolute Gasteiger partial charge is 0.123 e. The second kappa shape index (κ2) is 4.31. The molecule has 3 heteroatoms. The van der Waals surface area contributed by atoms with Crippen LogP contribution in [0.1, 0.15) is 17.1 Å². The molecule has 16 heavy (non-hydrogen) atoms. The molecule has 84 valence electrons. The monoisotopic (exact) mass is 216 g/mol. The molecule has 0 saturated heterocycles. The lowest BCUT2D eigenvalue weighted by Crippen LogP contribution is -2.01. The second-order valence-electron chi connectivity index (χ2n) is 3.96. The summed E-state index contributed by atoms with van der Waals surface area (Å²) >= 11 is 0. The Labute approximate surface area is 95.3 Å². The lowest BCUT2D eigenvalue weighted by molar-refractivity contribution is 0.490. The summed E-state index contributed by atoms with van der Waals surface area (Å²) in [6.07, 6.45) is 0. The van der Waals surface area contributed by atoms with E-state index in [2.05, 4.69) is 5.32 Å². The second-order valence-corrected chi connectivity index (χ2v) is 3.96. The normalized spacial score (nSPS) is 10.4. The number of hydrogen-bond donors (Lipinski definition) is 2. The van der Waals surface area contributed by atoms with Gasteiger partial charge >= 0.3 is 0 Å². The van der Waals surface area contributed by atoms with Crippen molar-refractivity contribution in [2.75, 3.05) is 11.1 Å². The molecule has 0 aliphatic heterocycles. The average molecular weight is 216 g/mol. The fourth-order valence-electron chi connectivity index (χ4n) is 1.61. The minimum absolute atomic E-state index is 0.654. The van der Waals surface area contributed by atoms with E-state index in [1.807, 2.05) is 44.2 Å². The highest BCUT2D eigenvalue weighted by molar-refractivity contribution is 5.66. The van der Waals surface area contributed by atoms with E-state index in [4.69, 9.17) is 10.2 Å². The van der Waals surface area contributed by atoms with Crippen molar-refractivity contribution in [3.8, 4) is 0 Å². The van der Waals surface area contributed by atoms with Crippen molar-refractivity contribution in [3.63, 3.8) is 0 Å². The van der Waals surface area contributed by atoms with Gasteiger partial charge in [-0.05, 0) is 43.7 Å². The maximum atomic E-state index is 5.90. The lowest BCUT2D eigenvalue weighted by Gasteiger charge is -2.08. The molecule has 1 aromatic heterocycles. The molecule has 1 aromatic carbocycles. The minimum atomic E-state index is 0.654. The predicted molar refractivity (Wildman–Crippen MR) is 66.4 cm³/mol. The van der Waals surface area contributed by atoms with E-state index in [0.717, 1.165) is 28.5 Å². The molecule has 0 amide bonds. The van der Waals surface area contributed by atoms with Gasteiger partial charge in [-0.3, -0.25) is 0 Å². The number of hydrogen-bond acceptors (Lipinski definition) is 3. The number of rotatable bonds is 3. The number of nitrogen functional groups attached to an aromatic ring is 1. The van der Waals surface area contributed by atoms with Crippen molar-refractivity contribution in [2.45, 2.75) is 20.4 Å². The third kappa shape index (κ3) is 2.37. The van der Waals surface area contributed by atoms with Crippen LogP contribution in [0.25, 0.3) is 0 Å². The fraction of sp³-hybridized carbons (Fsp3) is 0.231. The van der Waals surface area contributed by atoms with E-state index < -0.39 is 0 Å². The zero-order chi connectivity index (χ0) is 11.5. The van der Waals surface area contributed by atoms with Crippen LogP contribution in [0.5, 0.6) is 0 Å². The molecule has 1 heterocycles. The molecule has 0 radical (unpaired) electrons. The predicted octanol–water partition coefficient (Wildman–Crippen LogP) is 3.09. The Bertz CT molecular complexity index is 488. The molecule has 0 aliphatic carbocycles. The molecule has 3 nitrogen and oxygen atoms in total. The highest BCUT2D eigenvalue weighted by Crippen LogP contribution is 2.20. The van der Waals surface area contributed by atoms with Crippen LogP contribution in [0, 0.1) is 13.8 Å². The van der Waals surface area contributed by atoms with E-state index in [1.54, 1.807) is 0 Å². The first-order valence-electron chi connectivity index (χ1n) is 5.30. The van der Waals surface area contributed by atoms with E-state index in [1.165, 1.54) is 0 Å². The zero-order valence-corrected chi connectivity index (χ0v) is 9.58. The molecule has 0 unspecified atom stereocenters. The molecule has 0 saturated carbocycles. The van der Waals surface area contributed by atoms with E-state index in [-0.39, 0.29) is 0 Å². The van der Waals surface area contributed by atoms with Gasteiger partial charge in [-0.1, -0.05) is 6.07 Å². The number of nitrogens with one attached hydrogen (secondary N) is 1. The molecule has 0 aliphatic rings. The summed E-state index contributed by atoms with van der Waals surface area (Å²) in [7, 11) is 0. The average Bonchev–Trinajstić information content (AvgIpc) is 2.63. The summed E-state index contributed by atoms with van der Waals surface area (Å²) < 4.78 is 5.47. The van der Waals surface area contributed by atoms with Gasteiger partial charge in [0.05, 0.1) is 17.9 Å². The van der Waals surface area contributed by atoms with Gasteiger partial charge in [0.25, 0.3) is 0 Å². The van der Waals surface area contributed by atoms with Crippen molar-refractivity contribution in [1.29, 1.82) is 0 Å². The standard InChI is InChI=1S/C13H16N2O/c1-9-3-6-13(12(14)7-9)15-8-11-5-4-10(2)16-11/h3-7,15H,8,14H2,1-2H3. The molecule has 3 N–H and O–H groups in total. The molecule has 2 rings (SSSR count). The maximum Gasteiger partial charge on any atom is 0.123 e. The van der Waals surface area contributed by atoms with Gasteiger partial charge < -0.3 is 15.5 Å². The van der Waals surface area contributed by atoms with E-state index in [9.17, 15) is 0 Å². The van der Waals surface area contributed by atoms with Crippen LogP contribution in [-0.4, -0.2) is 0 Å². The first-order valence-corrected chi connectivity index (χ1v) is 5.30. The number of anilines is 2. The number of aryl methyl sites for hydroxylation is 2. The van der Waals surface area contributed by atoms with Crippen molar-refractivity contribution in [3.05, 3.63) is 47.4 Å². The number of furan rings is 1. The third-order valence-corrected chi connectivity index (χ3v) is 2.46. The summed E-state index contributed by atoms with van der Waals surface area (Å²) in [4.78, 5) is 0. The van der Waals surface area contributed by atoms with Crippen molar-refractivity contribution in [2.24, 2.45) is 0 Å². The topological polar surface area (TPSA) is 51.2 Å². The SMILES string of the molecule is Cc1ccc(NCc2ccc(C)o2)c(N)c1. The largest absolute Gasteiger partial charge is 0.465 e. The van der Waals surface area contributed by atoms with Gasteiger partial charge in [0, 0.05) is 0 Å². The molecule has 0 spiro atoms. The van der Waals surface area contributed by atoms with Crippen LogP contribution < -0.4 is 11.1 Å². The van der Waals surface area contributed by atoms with Crippen LogP contribution in [0.3, 0.4) is 0 Å². The van der Waals surface area contributed by atoms with Crippen molar-refractivity contribution >= 4 is 11.4 Å². The Balaban J connectivity index is 2.04. The highest BCUT2D eigenvalue weighted by Gasteiger charge is 2.01. The van der Waals surface area contributed by atoms with Crippen LogP contribution in [0.15, 0.2) is 34.7 Å². The molecule has 0 atom stereocenters. The van der Waals surface area contributed by atoms with Gasteiger partial charge in [-0.15, -0.1) is 0 Å². The Hall–Kier alpha value is -1.90. The fourth-order valence-corrected chi connectivity index (χ4v) is 1.61. The Morgan fingerprint density at radius 3 is 2.62 bits per heavy atom. The summed E-state index contributed by atoms with van der Waals surface area (Å²) in [5, 5.41) is 3.25. The van der Waals surface area contributed by atoms with Crippen LogP contribution in [0.2, 0.25) is 0 Å². The highest BCUT2D eigenvalue weighted by atomic mass is 16.3. The van der Waals surface area contributed by atoms with E-state index >= 15 is 0 Å². The van der Waals surface area contributed by atoms with Crippen LogP contribution in [0.4, 0.5) is 11.4 Å². The zero-order valence-electron chi connectivity index (χ0n) is 9.58. The van der Waals surface area contributed by atoms with Gasteiger partial charge in [0.1, 0.15) is 11.5 Å². The Morgan fingerprint density at radius 2 is 2.00 bits per heavy atom. The quantitative estimate of drug-likeness (QED) is 0.775. The minimum Gasteiger partial charge on any atom is -0.465 e.